The average Bonchev–Trinajstić information content (AvgIpc) is 3.61. The van der Waals surface area contributed by atoms with Gasteiger partial charge in [0.05, 0.1) is 11.4 Å². The molecule has 5 nitrogen and oxygen atoms in total. The van der Waals surface area contributed by atoms with Gasteiger partial charge in [-0.25, -0.2) is 0 Å². The molecule has 4 aromatic rings. The summed E-state index contributed by atoms with van der Waals surface area (Å²) in [5.74, 6) is 0.938. The molecule has 2 heterocycles. The Morgan fingerprint density at radius 3 is 2.42 bits per heavy atom. The first-order valence-corrected chi connectivity index (χ1v) is 14.8. The van der Waals surface area contributed by atoms with Crippen molar-refractivity contribution in [1.29, 1.82) is 5.41 Å². The number of nitrogens with zero attached hydrogens (tertiary/aromatic N) is 1. The van der Waals surface area contributed by atoms with E-state index in [4.69, 9.17) is 15.9 Å². The van der Waals surface area contributed by atoms with E-state index in [1.165, 1.54) is 63.8 Å². The second-order valence-corrected chi connectivity index (χ2v) is 11.5. The highest BCUT2D eigenvalue weighted by molar-refractivity contribution is 7.22. The molecule has 1 aliphatic rings. The van der Waals surface area contributed by atoms with E-state index in [9.17, 15) is 0 Å². The molecule has 3 aromatic carbocycles. The van der Waals surface area contributed by atoms with Crippen molar-refractivity contribution in [2.24, 2.45) is 5.73 Å². The average molecular weight is 551 g/mol. The standard InChI is InChI=1S/C34H38N4OS/c1-24(2)33(31(36)17-18-35)37-27-13-11-26(12-14-27)34-30(29-7-3-4-8-32(29)40-34)23-25-9-15-28(16-10-25)39-22-21-38-19-5-6-20-38/h3-4,7-18,35,37H,5-6,19-23,36H2,1-2H3/b31-17-,35-18?. The first-order chi connectivity index (χ1) is 19.5. The van der Waals surface area contributed by atoms with Gasteiger partial charge in [-0.05, 0) is 105 Å². The van der Waals surface area contributed by atoms with Crippen LogP contribution in [-0.2, 0) is 6.42 Å². The summed E-state index contributed by atoms with van der Waals surface area (Å²) in [6, 6.07) is 25.8. The fraction of sp³-hybridized carbons (Fsp3) is 0.265. The van der Waals surface area contributed by atoms with Gasteiger partial charge in [-0.1, -0.05) is 48.0 Å². The maximum absolute atomic E-state index is 7.35. The van der Waals surface area contributed by atoms with Crippen LogP contribution in [0.4, 0.5) is 5.69 Å². The molecule has 206 valence electrons. The minimum absolute atomic E-state index is 0.550. The minimum Gasteiger partial charge on any atom is -0.492 e. The quantitative estimate of drug-likeness (QED) is 0.131. The van der Waals surface area contributed by atoms with Crippen molar-refractivity contribution in [2.75, 3.05) is 31.6 Å². The highest BCUT2D eigenvalue weighted by Crippen LogP contribution is 2.40. The Kier molecular flexibility index (Phi) is 8.99. The first kappa shape index (κ1) is 27.7. The van der Waals surface area contributed by atoms with Gasteiger partial charge in [0, 0.05) is 28.0 Å². The first-order valence-electron chi connectivity index (χ1n) is 14.0. The molecule has 0 atom stereocenters. The van der Waals surface area contributed by atoms with Gasteiger partial charge in [0.25, 0.3) is 0 Å². The molecule has 0 bridgehead atoms. The Balaban J connectivity index is 1.34. The van der Waals surface area contributed by atoms with E-state index in [0.29, 0.717) is 5.70 Å². The molecule has 1 saturated heterocycles. The Bertz CT molecular complexity index is 1510. The van der Waals surface area contributed by atoms with Crippen LogP contribution in [0.15, 0.2) is 95.8 Å². The monoisotopic (exact) mass is 550 g/mol. The van der Waals surface area contributed by atoms with Crippen LogP contribution < -0.4 is 15.8 Å². The maximum Gasteiger partial charge on any atom is 0.119 e. The van der Waals surface area contributed by atoms with Crippen molar-refractivity contribution < 1.29 is 4.74 Å². The number of nitrogens with one attached hydrogen (secondary N) is 2. The molecule has 0 radical (unpaired) electrons. The fourth-order valence-corrected chi connectivity index (χ4v) is 6.45. The predicted octanol–water partition coefficient (Wildman–Crippen LogP) is 7.83. The molecule has 40 heavy (non-hydrogen) atoms. The third kappa shape index (κ3) is 6.64. The number of hydrogen-bond donors (Lipinski definition) is 3. The van der Waals surface area contributed by atoms with E-state index < -0.39 is 0 Å². The zero-order chi connectivity index (χ0) is 27.9. The summed E-state index contributed by atoms with van der Waals surface area (Å²) in [6.45, 7) is 8.17. The number of benzene rings is 3. The molecule has 0 spiro atoms. The molecule has 0 amide bonds. The maximum atomic E-state index is 7.35. The molecule has 0 unspecified atom stereocenters. The largest absolute Gasteiger partial charge is 0.492 e. The summed E-state index contributed by atoms with van der Waals surface area (Å²) in [7, 11) is 0. The number of nitrogens with two attached hydrogens (primary N) is 1. The number of allylic oxidation sites excluding steroid dienone is 2. The van der Waals surface area contributed by atoms with Crippen LogP contribution >= 0.6 is 11.3 Å². The second kappa shape index (κ2) is 13.0. The second-order valence-electron chi connectivity index (χ2n) is 10.5. The Morgan fingerprint density at radius 1 is 1.00 bits per heavy atom. The Morgan fingerprint density at radius 2 is 1.73 bits per heavy atom. The zero-order valence-corrected chi connectivity index (χ0v) is 24.2. The van der Waals surface area contributed by atoms with Crippen LogP contribution in [0, 0.1) is 5.41 Å². The summed E-state index contributed by atoms with van der Waals surface area (Å²) < 4.78 is 7.33. The molecule has 0 aliphatic carbocycles. The lowest BCUT2D eigenvalue weighted by atomic mass is 9.99. The molecule has 4 N–H and O–H groups in total. The molecular weight excluding hydrogens is 512 g/mol. The smallest absolute Gasteiger partial charge is 0.119 e. The van der Waals surface area contributed by atoms with Crippen LogP contribution in [-0.4, -0.2) is 37.4 Å². The van der Waals surface area contributed by atoms with Crippen LogP contribution in [0.25, 0.3) is 20.5 Å². The number of anilines is 1. The lowest BCUT2D eigenvalue weighted by molar-refractivity contribution is 0.238. The zero-order valence-electron chi connectivity index (χ0n) is 23.4. The highest BCUT2D eigenvalue weighted by atomic mass is 32.1. The van der Waals surface area contributed by atoms with Gasteiger partial charge in [0.1, 0.15) is 12.4 Å². The lowest BCUT2D eigenvalue weighted by Gasteiger charge is -2.15. The fourth-order valence-electron chi connectivity index (χ4n) is 5.22. The van der Waals surface area contributed by atoms with Crippen LogP contribution in [0.1, 0.15) is 37.8 Å². The topological polar surface area (TPSA) is 74.4 Å². The number of ether oxygens (including phenoxy) is 1. The number of fused-ring (bicyclic) bond motifs is 1. The lowest BCUT2D eigenvalue weighted by Crippen LogP contribution is -2.25. The Labute approximate surface area is 241 Å². The number of thiophene rings is 1. The van der Waals surface area contributed by atoms with Crippen molar-refractivity contribution in [3.63, 3.8) is 0 Å². The normalized spacial score (nSPS) is 13.9. The SMILES string of the molecule is CC(C)=C(Nc1ccc(-c2sc3ccccc3c2Cc2ccc(OCCN3CCCC3)cc2)cc1)/C(N)=C/C=N. The number of likely N-dealkylation sites (tertiary alicyclic amines) is 1. The third-order valence-electron chi connectivity index (χ3n) is 7.35. The van der Waals surface area contributed by atoms with Crippen LogP contribution in [0.2, 0.25) is 0 Å². The molecule has 5 rings (SSSR count). The number of rotatable bonds is 11. The summed E-state index contributed by atoms with van der Waals surface area (Å²) >= 11 is 1.85. The molecule has 1 aliphatic heterocycles. The van der Waals surface area contributed by atoms with Crippen LogP contribution in [0.3, 0.4) is 0 Å². The molecule has 1 fully saturated rings. The van der Waals surface area contributed by atoms with Crippen LogP contribution in [0.5, 0.6) is 5.75 Å². The van der Waals surface area contributed by atoms with E-state index in [1.807, 2.05) is 25.2 Å². The summed E-state index contributed by atoms with van der Waals surface area (Å²) in [6.07, 6.45) is 6.29. The molecule has 6 heteroatoms. The van der Waals surface area contributed by atoms with E-state index in [-0.39, 0.29) is 0 Å². The van der Waals surface area contributed by atoms with E-state index in [2.05, 4.69) is 83.0 Å². The van der Waals surface area contributed by atoms with E-state index in [1.54, 1.807) is 6.08 Å². The number of hydrogen-bond acceptors (Lipinski definition) is 6. The molecular formula is C34H38N4OS. The predicted molar refractivity (Wildman–Crippen MR) is 171 cm³/mol. The van der Waals surface area contributed by atoms with Crippen molar-refractivity contribution in [1.82, 2.24) is 4.90 Å². The summed E-state index contributed by atoms with van der Waals surface area (Å²) in [5.41, 5.74) is 13.4. The van der Waals surface area contributed by atoms with Gasteiger partial charge in [-0.2, -0.15) is 0 Å². The van der Waals surface area contributed by atoms with Gasteiger partial charge in [-0.15, -0.1) is 11.3 Å². The van der Waals surface area contributed by atoms with Crippen molar-refractivity contribution >= 4 is 33.3 Å². The van der Waals surface area contributed by atoms with Gasteiger partial charge in [0.2, 0.25) is 0 Å². The van der Waals surface area contributed by atoms with Gasteiger partial charge in [-0.3, -0.25) is 4.90 Å². The summed E-state index contributed by atoms with van der Waals surface area (Å²) in [4.78, 5) is 3.77. The minimum atomic E-state index is 0.550. The van der Waals surface area contributed by atoms with Crippen molar-refractivity contribution in [3.8, 4) is 16.2 Å². The third-order valence-corrected chi connectivity index (χ3v) is 8.61. The van der Waals surface area contributed by atoms with E-state index in [0.717, 1.165) is 42.3 Å². The summed E-state index contributed by atoms with van der Waals surface area (Å²) in [5, 5.41) is 12.1. The van der Waals surface area contributed by atoms with Gasteiger partial charge in [0.15, 0.2) is 0 Å². The Hall–Kier alpha value is -3.87. The highest BCUT2D eigenvalue weighted by Gasteiger charge is 2.15. The van der Waals surface area contributed by atoms with Crippen molar-refractivity contribution in [2.45, 2.75) is 33.1 Å². The van der Waals surface area contributed by atoms with Gasteiger partial charge >= 0.3 is 0 Å². The van der Waals surface area contributed by atoms with Gasteiger partial charge < -0.3 is 21.2 Å². The van der Waals surface area contributed by atoms with E-state index >= 15 is 0 Å². The molecule has 0 saturated carbocycles. The van der Waals surface area contributed by atoms with Crippen molar-refractivity contribution in [3.05, 3.63) is 107 Å². The molecule has 1 aromatic heterocycles.